The highest BCUT2D eigenvalue weighted by atomic mass is 32.1. The minimum Gasteiger partial charge on any atom is -0.465 e. The third-order valence-electron chi connectivity index (χ3n) is 3.70. The van der Waals surface area contributed by atoms with Crippen LogP contribution in [0.1, 0.15) is 28.2 Å². The monoisotopic (exact) mass is 354 g/mol. The number of anilines is 1. The second-order valence-electron chi connectivity index (χ2n) is 5.55. The molecule has 128 valence electrons. The van der Waals surface area contributed by atoms with Crippen LogP contribution in [0.5, 0.6) is 0 Å². The molecular weight excluding hydrogens is 336 g/mol. The Kier molecular flexibility index (Phi) is 5.40. The Morgan fingerprint density at radius 3 is 2.80 bits per heavy atom. The van der Waals surface area contributed by atoms with Gasteiger partial charge < -0.3 is 10.1 Å². The molecule has 3 rings (SSSR count). The second kappa shape index (κ2) is 7.90. The number of thiazole rings is 1. The van der Waals surface area contributed by atoms with Crippen molar-refractivity contribution in [2.45, 2.75) is 19.3 Å². The van der Waals surface area contributed by atoms with E-state index in [4.69, 9.17) is 0 Å². The first-order chi connectivity index (χ1) is 12.2. The molecule has 0 bridgehead atoms. The van der Waals surface area contributed by atoms with Crippen molar-refractivity contribution in [1.82, 2.24) is 4.98 Å². The normalized spacial score (nSPS) is 10.6. The maximum absolute atomic E-state index is 12.1. The molecule has 0 fully saturated rings. The summed E-state index contributed by atoms with van der Waals surface area (Å²) in [6.45, 7) is 0. The van der Waals surface area contributed by atoms with Gasteiger partial charge in [0.25, 0.3) is 0 Å². The van der Waals surface area contributed by atoms with Gasteiger partial charge in [0.2, 0.25) is 5.91 Å². The Labute approximate surface area is 149 Å². The minimum atomic E-state index is -0.424. The van der Waals surface area contributed by atoms with Crippen LogP contribution in [0, 0.1) is 0 Å². The van der Waals surface area contributed by atoms with Gasteiger partial charge in [-0.05, 0) is 43.2 Å². The average Bonchev–Trinajstić information content (AvgIpc) is 3.04. The second-order valence-corrected chi connectivity index (χ2v) is 6.66. The molecule has 0 aliphatic carbocycles. The highest BCUT2D eigenvalue weighted by Crippen LogP contribution is 2.22. The molecule has 3 aromatic rings. The number of esters is 1. The summed E-state index contributed by atoms with van der Waals surface area (Å²) in [4.78, 5) is 28.2. The molecule has 1 N–H and O–H groups in total. The number of methoxy groups -OCH3 is 1. The quantitative estimate of drug-likeness (QED) is 0.678. The number of fused-ring (bicyclic) bond motifs is 1. The zero-order valence-corrected chi connectivity index (χ0v) is 14.6. The molecule has 0 radical (unpaired) electrons. The molecule has 5 nitrogen and oxygen atoms in total. The summed E-state index contributed by atoms with van der Waals surface area (Å²) >= 11 is 1.67. The lowest BCUT2D eigenvalue weighted by atomic mass is 10.2. The highest BCUT2D eigenvalue weighted by Gasteiger charge is 2.09. The highest BCUT2D eigenvalue weighted by molar-refractivity contribution is 7.18. The number of amides is 1. The predicted octanol–water partition coefficient (Wildman–Crippen LogP) is 4.04. The molecule has 0 saturated heterocycles. The molecule has 0 saturated carbocycles. The van der Waals surface area contributed by atoms with Crippen LogP contribution in [0.25, 0.3) is 10.2 Å². The fourth-order valence-corrected chi connectivity index (χ4v) is 3.50. The molecule has 0 unspecified atom stereocenters. The van der Waals surface area contributed by atoms with Gasteiger partial charge in [0.1, 0.15) is 0 Å². The number of rotatable bonds is 6. The van der Waals surface area contributed by atoms with Gasteiger partial charge in [-0.15, -0.1) is 11.3 Å². The van der Waals surface area contributed by atoms with Crippen molar-refractivity contribution < 1.29 is 14.3 Å². The van der Waals surface area contributed by atoms with Gasteiger partial charge in [-0.3, -0.25) is 4.79 Å². The third-order valence-corrected chi connectivity index (χ3v) is 4.80. The SMILES string of the molecule is COC(=O)c1cccc(NC(=O)CCCc2nc3ccccc3s2)c1. The molecule has 0 aliphatic rings. The van der Waals surface area contributed by atoms with E-state index < -0.39 is 5.97 Å². The Balaban J connectivity index is 1.52. The number of nitrogens with zero attached hydrogens (tertiary/aromatic N) is 1. The van der Waals surface area contributed by atoms with Crippen molar-refractivity contribution in [2.24, 2.45) is 0 Å². The number of nitrogens with one attached hydrogen (secondary N) is 1. The number of aryl methyl sites for hydroxylation is 1. The van der Waals surface area contributed by atoms with Crippen molar-refractivity contribution in [2.75, 3.05) is 12.4 Å². The van der Waals surface area contributed by atoms with E-state index in [1.807, 2.05) is 18.2 Å². The number of carbonyl (C=O) groups is 2. The van der Waals surface area contributed by atoms with Gasteiger partial charge in [0.15, 0.2) is 0 Å². The van der Waals surface area contributed by atoms with Crippen molar-refractivity contribution in [3.05, 3.63) is 59.1 Å². The summed E-state index contributed by atoms with van der Waals surface area (Å²) in [6, 6.07) is 14.7. The maximum Gasteiger partial charge on any atom is 0.337 e. The molecule has 2 aromatic carbocycles. The van der Waals surface area contributed by atoms with Crippen LogP contribution in [0.3, 0.4) is 0 Å². The molecule has 6 heteroatoms. The van der Waals surface area contributed by atoms with Crippen LogP contribution in [0.15, 0.2) is 48.5 Å². The first kappa shape index (κ1) is 17.1. The predicted molar refractivity (Wildman–Crippen MR) is 99.0 cm³/mol. The van der Waals surface area contributed by atoms with Crippen molar-refractivity contribution in [1.29, 1.82) is 0 Å². The summed E-state index contributed by atoms with van der Waals surface area (Å²) in [7, 11) is 1.33. The van der Waals surface area contributed by atoms with Crippen LogP contribution < -0.4 is 5.32 Å². The molecule has 25 heavy (non-hydrogen) atoms. The first-order valence-electron chi connectivity index (χ1n) is 7.98. The van der Waals surface area contributed by atoms with Gasteiger partial charge in [-0.1, -0.05) is 18.2 Å². The van der Waals surface area contributed by atoms with E-state index >= 15 is 0 Å². The molecule has 0 spiro atoms. The van der Waals surface area contributed by atoms with Crippen LogP contribution >= 0.6 is 11.3 Å². The summed E-state index contributed by atoms with van der Waals surface area (Å²) < 4.78 is 5.85. The fraction of sp³-hybridized carbons (Fsp3) is 0.211. The van der Waals surface area contributed by atoms with Crippen molar-refractivity contribution in [3.63, 3.8) is 0 Å². The number of aromatic nitrogens is 1. The standard InChI is InChI=1S/C19H18N2O3S/c1-24-19(23)13-6-4-7-14(12-13)20-17(22)10-5-11-18-21-15-8-2-3-9-16(15)25-18/h2-4,6-9,12H,5,10-11H2,1H3,(H,20,22). The van der Waals surface area contributed by atoms with E-state index in [1.54, 1.807) is 35.6 Å². The van der Waals surface area contributed by atoms with Crippen molar-refractivity contribution in [3.8, 4) is 0 Å². The fourth-order valence-electron chi connectivity index (χ4n) is 2.49. The number of hydrogen-bond acceptors (Lipinski definition) is 5. The van der Waals surface area contributed by atoms with Crippen LogP contribution in [0.2, 0.25) is 0 Å². The molecule has 1 aromatic heterocycles. The Hall–Kier alpha value is -2.73. The van der Waals surface area contributed by atoms with E-state index in [9.17, 15) is 9.59 Å². The number of para-hydroxylation sites is 1. The third kappa shape index (κ3) is 4.42. The van der Waals surface area contributed by atoms with Crippen LogP contribution in [0.4, 0.5) is 5.69 Å². The van der Waals surface area contributed by atoms with E-state index in [2.05, 4.69) is 21.1 Å². The minimum absolute atomic E-state index is 0.0804. The van der Waals surface area contributed by atoms with Gasteiger partial charge in [0, 0.05) is 12.1 Å². The largest absolute Gasteiger partial charge is 0.465 e. The Morgan fingerprint density at radius 2 is 2.00 bits per heavy atom. The summed E-state index contributed by atoms with van der Waals surface area (Å²) in [5.41, 5.74) is 2.01. The van der Waals surface area contributed by atoms with E-state index in [-0.39, 0.29) is 5.91 Å². The Bertz CT molecular complexity index is 871. The lowest BCUT2D eigenvalue weighted by Gasteiger charge is -2.06. The maximum atomic E-state index is 12.1. The molecule has 1 amide bonds. The van der Waals surface area contributed by atoms with E-state index in [0.29, 0.717) is 17.7 Å². The lowest BCUT2D eigenvalue weighted by molar-refractivity contribution is -0.116. The van der Waals surface area contributed by atoms with Gasteiger partial charge in [0.05, 0.1) is 27.9 Å². The molecule has 0 aliphatic heterocycles. The first-order valence-corrected chi connectivity index (χ1v) is 8.80. The van der Waals surface area contributed by atoms with Crippen molar-refractivity contribution >= 4 is 39.1 Å². The number of carbonyl (C=O) groups excluding carboxylic acids is 2. The van der Waals surface area contributed by atoms with Crippen LogP contribution in [-0.4, -0.2) is 24.0 Å². The smallest absolute Gasteiger partial charge is 0.337 e. The molecular formula is C19H18N2O3S. The van der Waals surface area contributed by atoms with E-state index in [1.165, 1.54) is 11.8 Å². The molecule has 1 heterocycles. The van der Waals surface area contributed by atoms with Gasteiger partial charge in [-0.25, -0.2) is 9.78 Å². The summed E-state index contributed by atoms with van der Waals surface area (Å²) in [6.07, 6.45) is 1.90. The number of ether oxygens (including phenoxy) is 1. The molecule has 0 atom stereocenters. The Morgan fingerprint density at radius 1 is 1.16 bits per heavy atom. The van der Waals surface area contributed by atoms with Gasteiger partial charge >= 0.3 is 5.97 Å². The zero-order valence-electron chi connectivity index (χ0n) is 13.8. The average molecular weight is 354 g/mol. The number of hydrogen-bond donors (Lipinski definition) is 1. The summed E-state index contributed by atoms with van der Waals surface area (Å²) in [5.74, 6) is -0.505. The summed E-state index contributed by atoms with van der Waals surface area (Å²) in [5, 5.41) is 3.85. The lowest BCUT2D eigenvalue weighted by Crippen LogP contribution is -2.12. The van der Waals surface area contributed by atoms with Crippen LogP contribution in [-0.2, 0) is 16.0 Å². The van der Waals surface area contributed by atoms with Gasteiger partial charge in [-0.2, -0.15) is 0 Å². The topological polar surface area (TPSA) is 68.3 Å². The van der Waals surface area contributed by atoms with E-state index in [0.717, 1.165) is 23.4 Å². The zero-order chi connectivity index (χ0) is 17.6. The number of benzene rings is 2.